The van der Waals surface area contributed by atoms with Crippen molar-refractivity contribution in [3.05, 3.63) is 11.6 Å². The number of amides is 2. The van der Waals surface area contributed by atoms with Gasteiger partial charge >= 0.3 is 0 Å². The van der Waals surface area contributed by atoms with Gasteiger partial charge in [-0.3, -0.25) is 14.5 Å². The molecular weight excluding hydrogens is 240 g/mol. The summed E-state index contributed by atoms with van der Waals surface area (Å²) in [5.41, 5.74) is 5.28. The highest BCUT2D eigenvalue weighted by atomic mass is 32.1. The zero-order valence-corrected chi connectivity index (χ0v) is 10.1. The van der Waals surface area contributed by atoms with Gasteiger partial charge in [-0.1, -0.05) is 0 Å². The van der Waals surface area contributed by atoms with E-state index in [1.807, 2.05) is 4.90 Å². The quantitative estimate of drug-likeness (QED) is 0.793. The highest BCUT2D eigenvalue weighted by Gasteiger charge is 2.30. The second-order valence-electron chi connectivity index (χ2n) is 3.92. The van der Waals surface area contributed by atoms with E-state index in [1.165, 1.54) is 11.3 Å². The number of primary amides is 1. The number of nitrogens with zero attached hydrogens (tertiary/aromatic N) is 2. The minimum absolute atomic E-state index is 0.159. The van der Waals surface area contributed by atoms with Crippen LogP contribution >= 0.6 is 11.3 Å². The van der Waals surface area contributed by atoms with Gasteiger partial charge in [0, 0.05) is 11.6 Å². The van der Waals surface area contributed by atoms with Crippen molar-refractivity contribution >= 4 is 28.3 Å². The molecule has 1 aromatic heterocycles. The summed E-state index contributed by atoms with van der Waals surface area (Å²) in [5.74, 6) is -0.516. The summed E-state index contributed by atoms with van der Waals surface area (Å²) < 4.78 is 0. The Morgan fingerprint density at radius 3 is 3.12 bits per heavy atom. The number of rotatable bonds is 4. The summed E-state index contributed by atoms with van der Waals surface area (Å²) in [6.45, 7) is 0.923. The van der Waals surface area contributed by atoms with E-state index in [9.17, 15) is 9.59 Å². The molecule has 17 heavy (non-hydrogen) atoms. The molecule has 1 fully saturated rings. The SMILES string of the molecule is NC(=O)C1CCCN1CC(=O)Nc1nccs1. The number of nitrogens with one attached hydrogen (secondary N) is 1. The Kier molecular flexibility index (Phi) is 3.70. The van der Waals surface area contributed by atoms with Crippen molar-refractivity contribution in [2.45, 2.75) is 18.9 Å². The van der Waals surface area contributed by atoms with Crippen LogP contribution in [0, 0.1) is 0 Å². The maximum atomic E-state index is 11.7. The number of aromatic nitrogens is 1. The zero-order valence-electron chi connectivity index (χ0n) is 9.26. The predicted molar refractivity (Wildman–Crippen MR) is 64.5 cm³/mol. The molecule has 7 heteroatoms. The number of likely N-dealkylation sites (tertiary alicyclic amines) is 1. The smallest absolute Gasteiger partial charge is 0.240 e. The Morgan fingerprint density at radius 2 is 2.47 bits per heavy atom. The van der Waals surface area contributed by atoms with Gasteiger partial charge in [-0.2, -0.15) is 0 Å². The van der Waals surface area contributed by atoms with Gasteiger partial charge < -0.3 is 11.1 Å². The Hall–Kier alpha value is -1.47. The number of carbonyl (C=O) groups is 2. The third-order valence-corrected chi connectivity index (χ3v) is 3.41. The highest BCUT2D eigenvalue weighted by Crippen LogP contribution is 2.17. The molecule has 6 nitrogen and oxygen atoms in total. The molecule has 2 heterocycles. The molecule has 0 radical (unpaired) electrons. The Labute approximate surface area is 103 Å². The van der Waals surface area contributed by atoms with E-state index in [-0.39, 0.29) is 24.4 Å². The van der Waals surface area contributed by atoms with E-state index in [0.29, 0.717) is 5.13 Å². The minimum atomic E-state index is -0.357. The summed E-state index contributed by atoms with van der Waals surface area (Å²) in [6, 6.07) is -0.308. The van der Waals surface area contributed by atoms with Gasteiger partial charge in [-0.15, -0.1) is 11.3 Å². The maximum Gasteiger partial charge on any atom is 0.240 e. The molecule has 1 unspecified atom stereocenters. The minimum Gasteiger partial charge on any atom is -0.368 e. The van der Waals surface area contributed by atoms with E-state index in [1.54, 1.807) is 11.6 Å². The van der Waals surface area contributed by atoms with Crippen LogP contribution in [0.3, 0.4) is 0 Å². The Morgan fingerprint density at radius 1 is 1.65 bits per heavy atom. The van der Waals surface area contributed by atoms with Crippen LogP contribution in [0.25, 0.3) is 0 Å². The fourth-order valence-electron chi connectivity index (χ4n) is 1.97. The zero-order chi connectivity index (χ0) is 12.3. The summed E-state index contributed by atoms with van der Waals surface area (Å²) in [4.78, 5) is 28.6. The van der Waals surface area contributed by atoms with E-state index in [4.69, 9.17) is 5.73 Å². The van der Waals surface area contributed by atoms with Crippen molar-refractivity contribution in [1.29, 1.82) is 0 Å². The number of anilines is 1. The summed E-state index contributed by atoms with van der Waals surface area (Å²) in [7, 11) is 0. The van der Waals surface area contributed by atoms with Crippen LogP contribution in [-0.4, -0.2) is 40.8 Å². The van der Waals surface area contributed by atoms with Gasteiger partial charge in [0.05, 0.1) is 12.6 Å². The fraction of sp³-hybridized carbons (Fsp3) is 0.500. The number of hydrogen-bond acceptors (Lipinski definition) is 5. The van der Waals surface area contributed by atoms with Crippen molar-refractivity contribution in [3.8, 4) is 0 Å². The van der Waals surface area contributed by atoms with Crippen LogP contribution in [-0.2, 0) is 9.59 Å². The molecule has 0 spiro atoms. The monoisotopic (exact) mass is 254 g/mol. The van der Waals surface area contributed by atoms with Crippen LogP contribution < -0.4 is 11.1 Å². The van der Waals surface area contributed by atoms with Gasteiger partial charge in [-0.25, -0.2) is 4.98 Å². The molecule has 1 saturated heterocycles. The predicted octanol–water partition coefficient (Wildman–Crippen LogP) is 0.0313. The van der Waals surface area contributed by atoms with Gasteiger partial charge in [0.15, 0.2) is 5.13 Å². The molecule has 0 bridgehead atoms. The second-order valence-corrected chi connectivity index (χ2v) is 4.81. The van der Waals surface area contributed by atoms with Crippen LogP contribution in [0.1, 0.15) is 12.8 Å². The first-order valence-corrected chi connectivity index (χ1v) is 6.27. The lowest BCUT2D eigenvalue weighted by atomic mass is 10.2. The molecule has 3 N–H and O–H groups in total. The van der Waals surface area contributed by atoms with E-state index < -0.39 is 0 Å². The van der Waals surface area contributed by atoms with Crippen molar-refractivity contribution in [3.63, 3.8) is 0 Å². The van der Waals surface area contributed by atoms with Crippen molar-refractivity contribution in [2.75, 3.05) is 18.4 Å². The molecule has 2 amide bonds. The molecule has 0 aromatic carbocycles. The molecular formula is C10H14N4O2S. The van der Waals surface area contributed by atoms with Crippen LogP contribution in [0.15, 0.2) is 11.6 Å². The molecule has 1 atom stereocenters. The van der Waals surface area contributed by atoms with Gasteiger partial charge in [0.2, 0.25) is 11.8 Å². The molecule has 1 aromatic rings. The first-order valence-electron chi connectivity index (χ1n) is 5.39. The van der Waals surface area contributed by atoms with E-state index in [0.717, 1.165) is 19.4 Å². The van der Waals surface area contributed by atoms with Crippen LogP contribution in [0.5, 0.6) is 0 Å². The summed E-state index contributed by atoms with van der Waals surface area (Å²) in [6.07, 6.45) is 3.26. The van der Waals surface area contributed by atoms with Crippen LogP contribution in [0.4, 0.5) is 5.13 Å². The Bertz CT molecular complexity index is 406. The van der Waals surface area contributed by atoms with Crippen LogP contribution in [0.2, 0.25) is 0 Å². The normalized spacial score (nSPS) is 20.4. The molecule has 0 saturated carbocycles. The summed E-state index contributed by atoms with van der Waals surface area (Å²) in [5, 5.41) is 5.05. The molecule has 2 rings (SSSR count). The maximum absolute atomic E-state index is 11.7. The third kappa shape index (κ3) is 3.01. The number of carbonyl (C=O) groups excluding carboxylic acids is 2. The van der Waals surface area contributed by atoms with E-state index >= 15 is 0 Å². The van der Waals surface area contributed by atoms with E-state index in [2.05, 4.69) is 10.3 Å². The largest absolute Gasteiger partial charge is 0.368 e. The molecule has 92 valence electrons. The lowest BCUT2D eigenvalue weighted by molar-refractivity contribution is -0.123. The third-order valence-electron chi connectivity index (χ3n) is 2.72. The summed E-state index contributed by atoms with van der Waals surface area (Å²) >= 11 is 1.36. The standard InChI is InChI=1S/C10H14N4O2S/c11-9(16)7-2-1-4-14(7)6-8(15)13-10-12-3-5-17-10/h3,5,7H,1-2,4,6H2,(H2,11,16)(H,12,13,15). The second kappa shape index (κ2) is 5.24. The van der Waals surface area contributed by atoms with Gasteiger partial charge in [0.25, 0.3) is 0 Å². The molecule has 0 aliphatic carbocycles. The molecule has 1 aliphatic heterocycles. The van der Waals surface area contributed by atoms with Crippen molar-refractivity contribution in [2.24, 2.45) is 5.73 Å². The van der Waals surface area contributed by atoms with Gasteiger partial charge in [0.1, 0.15) is 0 Å². The number of thiazole rings is 1. The number of nitrogens with two attached hydrogens (primary N) is 1. The Balaban J connectivity index is 1.88. The lowest BCUT2D eigenvalue weighted by Crippen LogP contribution is -2.43. The molecule has 1 aliphatic rings. The highest BCUT2D eigenvalue weighted by molar-refractivity contribution is 7.13. The van der Waals surface area contributed by atoms with Gasteiger partial charge in [-0.05, 0) is 19.4 Å². The topological polar surface area (TPSA) is 88.3 Å². The first-order chi connectivity index (χ1) is 8.16. The number of hydrogen-bond donors (Lipinski definition) is 2. The van der Waals surface area contributed by atoms with Crippen molar-refractivity contribution in [1.82, 2.24) is 9.88 Å². The fourth-order valence-corrected chi connectivity index (χ4v) is 2.51. The first kappa shape index (κ1) is 12.0. The average Bonchev–Trinajstić information content (AvgIpc) is 2.88. The lowest BCUT2D eigenvalue weighted by Gasteiger charge is -2.20. The van der Waals surface area contributed by atoms with Crippen molar-refractivity contribution < 1.29 is 9.59 Å². The average molecular weight is 254 g/mol.